The molecule has 2 aliphatic rings. The molecule has 0 bridgehead atoms. The molecule has 0 radical (unpaired) electrons. The second kappa shape index (κ2) is 8.97. The van der Waals surface area contributed by atoms with Gasteiger partial charge in [-0.1, -0.05) is 6.92 Å². The summed E-state index contributed by atoms with van der Waals surface area (Å²) < 4.78 is 11.3. The molecule has 2 fully saturated rings. The Bertz CT molecular complexity index is 644. The Balaban J connectivity index is 1.63. The monoisotopic (exact) mass is 376 g/mol. The lowest BCUT2D eigenvalue weighted by atomic mass is 9.87. The second-order valence-electron chi connectivity index (χ2n) is 7.60. The van der Waals surface area contributed by atoms with E-state index < -0.39 is 0 Å². The largest absolute Gasteiger partial charge is 0.383 e. The summed E-state index contributed by atoms with van der Waals surface area (Å²) in [5, 5.41) is 0. The number of amides is 1. The van der Waals surface area contributed by atoms with Crippen LogP contribution < -0.4 is 4.90 Å². The summed E-state index contributed by atoms with van der Waals surface area (Å²) in [5.41, 5.74) is 0.683. The summed E-state index contributed by atoms with van der Waals surface area (Å²) in [7, 11) is 1.66. The van der Waals surface area contributed by atoms with Gasteiger partial charge in [0.15, 0.2) is 0 Å². The number of carbonyl (C=O) groups excluding carboxylic acids is 1. The van der Waals surface area contributed by atoms with Gasteiger partial charge in [-0.05, 0) is 26.2 Å². The lowest BCUT2D eigenvalue weighted by molar-refractivity contribution is -0.134. The van der Waals surface area contributed by atoms with E-state index in [4.69, 9.17) is 14.5 Å². The number of aromatic nitrogens is 2. The third-order valence-electron chi connectivity index (χ3n) is 5.52. The maximum absolute atomic E-state index is 12.7. The zero-order chi connectivity index (χ0) is 19.3. The fourth-order valence-electron chi connectivity index (χ4n) is 3.95. The number of aryl methyl sites for hydroxylation is 2. The molecule has 0 N–H and O–H groups in total. The van der Waals surface area contributed by atoms with Crippen LogP contribution in [0.2, 0.25) is 0 Å². The maximum atomic E-state index is 12.7. The summed E-state index contributed by atoms with van der Waals surface area (Å²) >= 11 is 0. The molecule has 3 rings (SSSR count). The number of anilines is 1. The van der Waals surface area contributed by atoms with E-state index in [-0.39, 0.29) is 11.5 Å². The Labute approximate surface area is 162 Å². The molecule has 0 unspecified atom stereocenters. The molecule has 27 heavy (non-hydrogen) atoms. The molecule has 0 saturated carbocycles. The van der Waals surface area contributed by atoms with Gasteiger partial charge in [-0.3, -0.25) is 4.79 Å². The minimum atomic E-state index is -0.330. The molecule has 150 valence electrons. The van der Waals surface area contributed by atoms with Crippen LogP contribution in [0.15, 0.2) is 6.07 Å². The van der Waals surface area contributed by atoms with Crippen molar-refractivity contribution in [3.8, 4) is 0 Å². The van der Waals surface area contributed by atoms with Crippen LogP contribution in [0.4, 0.5) is 5.82 Å². The fourth-order valence-corrected chi connectivity index (χ4v) is 3.95. The van der Waals surface area contributed by atoms with Gasteiger partial charge in [-0.2, -0.15) is 0 Å². The Morgan fingerprint density at radius 2 is 2.04 bits per heavy atom. The first kappa shape index (κ1) is 20.0. The summed E-state index contributed by atoms with van der Waals surface area (Å²) in [5.74, 6) is 2.10. The van der Waals surface area contributed by atoms with Gasteiger partial charge in [-0.15, -0.1) is 0 Å². The molecule has 1 aromatic heterocycles. The van der Waals surface area contributed by atoms with E-state index in [1.807, 2.05) is 11.8 Å². The maximum Gasteiger partial charge on any atom is 0.225 e. The number of rotatable bonds is 6. The van der Waals surface area contributed by atoms with E-state index in [0.29, 0.717) is 32.7 Å². The molecular weight excluding hydrogens is 344 g/mol. The normalized spacial score (nSPS) is 20.2. The van der Waals surface area contributed by atoms with Crippen molar-refractivity contribution in [2.75, 3.05) is 51.4 Å². The number of carbonyl (C=O) groups is 1. The molecule has 1 aromatic rings. The minimum absolute atomic E-state index is 0.182. The molecular formula is C20H32N4O3. The Morgan fingerprint density at radius 1 is 1.26 bits per heavy atom. The van der Waals surface area contributed by atoms with Gasteiger partial charge in [0.1, 0.15) is 11.6 Å². The van der Waals surface area contributed by atoms with Crippen LogP contribution in [-0.4, -0.2) is 72.9 Å². The third kappa shape index (κ3) is 4.96. The Morgan fingerprint density at radius 3 is 2.74 bits per heavy atom. The average molecular weight is 377 g/mol. The van der Waals surface area contributed by atoms with E-state index in [1.165, 1.54) is 0 Å². The van der Waals surface area contributed by atoms with Gasteiger partial charge in [0, 0.05) is 51.5 Å². The van der Waals surface area contributed by atoms with Gasteiger partial charge < -0.3 is 19.3 Å². The van der Waals surface area contributed by atoms with Gasteiger partial charge in [0.05, 0.1) is 25.2 Å². The molecule has 0 aromatic carbocycles. The van der Waals surface area contributed by atoms with E-state index in [0.717, 1.165) is 56.1 Å². The summed E-state index contributed by atoms with van der Waals surface area (Å²) in [6, 6.07) is 2.06. The van der Waals surface area contributed by atoms with Gasteiger partial charge in [0.2, 0.25) is 5.91 Å². The third-order valence-corrected chi connectivity index (χ3v) is 5.52. The predicted molar refractivity (Wildman–Crippen MR) is 104 cm³/mol. The van der Waals surface area contributed by atoms with Crippen molar-refractivity contribution in [2.45, 2.75) is 51.6 Å². The van der Waals surface area contributed by atoms with Crippen molar-refractivity contribution >= 4 is 11.7 Å². The Hall–Kier alpha value is -1.73. The van der Waals surface area contributed by atoms with Crippen LogP contribution in [0.5, 0.6) is 0 Å². The fraction of sp³-hybridized carbons (Fsp3) is 0.750. The van der Waals surface area contributed by atoms with Gasteiger partial charge in [0.25, 0.3) is 0 Å². The predicted octanol–water partition coefficient (Wildman–Crippen LogP) is 1.97. The van der Waals surface area contributed by atoms with Crippen molar-refractivity contribution in [3.05, 3.63) is 17.6 Å². The first-order chi connectivity index (χ1) is 13.0. The molecule has 2 saturated heterocycles. The number of piperidine rings is 1. The number of nitrogens with zero attached hydrogens (tertiary/aromatic N) is 4. The first-order valence-corrected chi connectivity index (χ1v) is 10.1. The van der Waals surface area contributed by atoms with Crippen molar-refractivity contribution in [1.82, 2.24) is 14.9 Å². The van der Waals surface area contributed by atoms with E-state index in [1.54, 1.807) is 7.11 Å². The highest BCUT2D eigenvalue weighted by Gasteiger charge is 2.40. The SMILES string of the molecule is CCCc1nc(C)cc(N2CCC3(CC2)CC(=O)N(CCOC)CCO3)n1. The number of ether oxygens (including phenoxy) is 2. The standard InChI is InChI=1S/C20H32N4O3/c1-4-5-17-21-16(2)14-18(22-17)23-8-6-20(7-9-23)15-19(25)24(10-12-26-3)11-13-27-20/h14H,4-13,15H2,1-3H3. The first-order valence-electron chi connectivity index (χ1n) is 10.1. The summed E-state index contributed by atoms with van der Waals surface area (Å²) in [6.45, 7) is 8.34. The van der Waals surface area contributed by atoms with Crippen LogP contribution in [0, 0.1) is 6.92 Å². The average Bonchev–Trinajstić information content (AvgIpc) is 2.79. The molecule has 3 heterocycles. The van der Waals surface area contributed by atoms with Crippen LogP contribution >= 0.6 is 0 Å². The Kier molecular flexibility index (Phi) is 6.65. The number of hydrogen-bond donors (Lipinski definition) is 0. The smallest absolute Gasteiger partial charge is 0.225 e. The van der Waals surface area contributed by atoms with Gasteiger partial charge in [-0.25, -0.2) is 9.97 Å². The quantitative estimate of drug-likeness (QED) is 0.756. The lowest BCUT2D eigenvalue weighted by Gasteiger charge is -2.41. The van der Waals surface area contributed by atoms with Crippen LogP contribution in [-0.2, 0) is 20.7 Å². The van der Waals surface area contributed by atoms with E-state index >= 15 is 0 Å². The second-order valence-corrected chi connectivity index (χ2v) is 7.60. The molecule has 2 aliphatic heterocycles. The van der Waals surface area contributed by atoms with Crippen LogP contribution in [0.25, 0.3) is 0 Å². The highest BCUT2D eigenvalue weighted by molar-refractivity contribution is 5.77. The topological polar surface area (TPSA) is 67.8 Å². The highest BCUT2D eigenvalue weighted by Crippen LogP contribution is 2.33. The zero-order valence-electron chi connectivity index (χ0n) is 16.9. The molecule has 0 atom stereocenters. The number of methoxy groups -OCH3 is 1. The van der Waals surface area contributed by atoms with Crippen molar-refractivity contribution < 1.29 is 14.3 Å². The molecule has 7 heteroatoms. The van der Waals surface area contributed by atoms with Crippen molar-refractivity contribution in [2.24, 2.45) is 0 Å². The van der Waals surface area contributed by atoms with E-state index in [9.17, 15) is 4.79 Å². The summed E-state index contributed by atoms with van der Waals surface area (Å²) in [6.07, 6.45) is 4.11. The molecule has 1 spiro atoms. The van der Waals surface area contributed by atoms with E-state index in [2.05, 4.69) is 22.9 Å². The lowest BCUT2D eigenvalue weighted by Crippen LogP contribution is -2.47. The summed E-state index contributed by atoms with van der Waals surface area (Å²) in [4.78, 5) is 26.1. The molecule has 7 nitrogen and oxygen atoms in total. The molecule has 1 amide bonds. The highest BCUT2D eigenvalue weighted by atomic mass is 16.5. The van der Waals surface area contributed by atoms with Gasteiger partial charge >= 0.3 is 0 Å². The van der Waals surface area contributed by atoms with Crippen molar-refractivity contribution in [3.63, 3.8) is 0 Å². The van der Waals surface area contributed by atoms with Crippen LogP contribution in [0.1, 0.15) is 44.1 Å². The minimum Gasteiger partial charge on any atom is -0.383 e. The zero-order valence-corrected chi connectivity index (χ0v) is 16.9. The number of hydrogen-bond acceptors (Lipinski definition) is 6. The van der Waals surface area contributed by atoms with Crippen LogP contribution in [0.3, 0.4) is 0 Å². The van der Waals surface area contributed by atoms with Crippen molar-refractivity contribution in [1.29, 1.82) is 0 Å². The molecule has 0 aliphatic carbocycles.